The molecule has 1 amide bonds. The van der Waals surface area contributed by atoms with E-state index in [1.165, 1.54) is 12.1 Å². The Kier molecular flexibility index (Phi) is 8.11. The van der Waals surface area contributed by atoms with Crippen LogP contribution in [0.5, 0.6) is 0 Å². The summed E-state index contributed by atoms with van der Waals surface area (Å²) in [5, 5.41) is 7.24. The average Bonchev–Trinajstić information content (AvgIpc) is 3.70. The van der Waals surface area contributed by atoms with Crippen LogP contribution in [0.1, 0.15) is 65.5 Å². The summed E-state index contributed by atoms with van der Waals surface area (Å²) < 4.78 is 45.1. The largest absolute Gasteiger partial charge is 0.318 e. The molecule has 2 N–H and O–H groups in total. The van der Waals surface area contributed by atoms with Crippen molar-refractivity contribution in [1.82, 2.24) is 14.5 Å². The Hall–Kier alpha value is -3.82. The Morgan fingerprint density at radius 2 is 1.78 bits per heavy atom. The smallest absolute Gasteiger partial charge is 0.274 e. The fraction of sp³-hybridized carbons (Fsp3) is 0.312. The van der Waals surface area contributed by atoms with Gasteiger partial charge in [-0.3, -0.25) is 4.79 Å². The van der Waals surface area contributed by atoms with Crippen LogP contribution in [0.2, 0.25) is 0 Å². The van der Waals surface area contributed by atoms with Crippen LogP contribution >= 0.6 is 0 Å². The van der Waals surface area contributed by atoms with Gasteiger partial charge in [-0.25, -0.2) is 22.2 Å². The van der Waals surface area contributed by atoms with Crippen molar-refractivity contribution in [2.24, 2.45) is 5.92 Å². The summed E-state index contributed by atoms with van der Waals surface area (Å²) in [5.74, 6) is -0.613. The first kappa shape index (κ1) is 28.7. The fourth-order valence-electron chi connectivity index (χ4n) is 5.33. The highest BCUT2D eigenvalue weighted by Crippen LogP contribution is 2.42. The summed E-state index contributed by atoms with van der Waals surface area (Å²) in [4.78, 5) is 13.6. The zero-order valence-corrected chi connectivity index (χ0v) is 24.3. The molecule has 1 aromatic heterocycles. The molecule has 1 fully saturated rings. The zero-order valence-electron chi connectivity index (χ0n) is 23.5. The van der Waals surface area contributed by atoms with E-state index in [1.54, 1.807) is 23.7 Å². The third kappa shape index (κ3) is 6.57. The third-order valence-electron chi connectivity index (χ3n) is 7.59. The molecule has 1 atom stereocenters. The molecule has 7 nitrogen and oxygen atoms in total. The minimum atomic E-state index is -3.68. The molecule has 1 aliphatic carbocycles. The number of hydrogen-bond acceptors (Lipinski definition) is 4. The van der Waals surface area contributed by atoms with Gasteiger partial charge in [-0.2, -0.15) is 5.10 Å². The number of aryl methyl sites for hydroxylation is 2. The molecule has 0 aliphatic heterocycles. The molecule has 0 saturated heterocycles. The van der Waals surface area contributed by atoms with E-state index < -0.39 is 27.3 Å². The molecular formula is C32H35FN4O3S. The van der Waals surface area contributed by atoms with Crippen molar-refractivity contribution in [3.8, 4) is 5.69 Å². The predicted octanol–water partition coefficient (Wildman–Crippen LogP) is 6.12. The molecule has 0 radical (unpaired) electrons. The second-order valence-corrected chi connectivity index (χ2v) is 12.6. The number of nitrogens with one attached hydrogen (secondary N) is 2. The van der Waals surface area contributed by atoms with E-state index in [-0.39, 0.29) is 11.4 Å². The Balaban J connectivity index is 1.55. The molecule has 9 heteroatoms. The Bertz CT molecular complexity index is 1670. The number of anilines is 1. The summed E-state index contributed by atoms with van der Waals surface area (Å²) in [7, 11) is -3.68. The molecule has 1 heterocycles. The van der Waals surface area contributed by atoms with Gasteiger partial charge in [-0.15, -0.1) is 0 Å². The number of rotatable bonds is 11. The maximum absolute atomic E-state index is 15.2. The minimum absolute atomic E-state index is 0.0396. The van der Waals surface area contributed by atoms with Crippen molar-refractivity contribution >= 4 is 21.6 Å². The quantitative estimate of drug-likeness (QED) is 0.226. The maximum atomic E-state index is 15.2. The van der Waals surface area contributed by atoms with Gasteiger partial charge < -0.3 is 5.32 Å². The molecule has 0 bridgehead atoms. The summed E-state index contributed by atoms with van der Waals surface area (Å²) >= 11 is 0. The highest BCUT2D eigenvalue weighted by molar-refractivity contribution is 7.88. The Morgan fingerprint density at radius 3 is 2.46 bits per heavy atom. The lowest BCUT2D eigenvalue weighted by atomic mass is 9.79. The van der Waals surface area contributed by atoms with Crippen LogP contribution in [0.3, 0.4) is 0 Å². The second-order valence-electron chi connectivity index (χ2n) is 10.9. The van der Waals surface area contributed by atoms with Crippen molar-refractivity contribution in [3.63, 3.8) is 0 Å². The van der Waals surface area contributed by atoms with Gasteiger partial charge in [0, 0.05) is 0 Å². The highest BCUT2D eigenvalue weighted by atomic mass is 32.2. The first-order valence-corrected chi connectivity index (χ1v) is 15.8. The van der Waals surface area contributed by atoms with Crippen LogP contribution in [-0.4, -0.2) is 30.4 Å². The van der Waals surface area contributed by atoms with Gasteiger partial charge in [0.15, 0.2) is 0 Å². The molecule has 1 saturated carbocycles. The number of aromatic nitrogens is 2. The summed E-state index contributed by atoms with van der Waals surface area (Å²) in [6.45, 7) is 3.85. The highest BCUT2D eigenvalue weighted by Gasteiger charge is 2.39. The lowest BCUT2D eigenvalue weighted by Crippen LogP contribution is -2.46. The van der Waals surface area contributed by atoms with Crippen LogP contribution < -0.4 is 10.0 Å². The fourth-order valence-corrected chi connectivity index (χ4v) is 6.30. The van der Waals surface area contributed by atoms with Gasteiger partial charge in [0.25, 0.3) is 5.91 Å². The average molecular weight is 575 g/mol. The molecule has 4 aromatic rings. The van der Waals surface area contributed by atoms with Crippen LogP contribution in [0.25, 0.3) is 5.69 Å². The lowest BCUT2D eigenvalue weighted by Gasteiger charge is -2.36. The molecule has 214 valence electrons. The van der Waals surface area contributed by atoms with Gasteiger partial charge in [-0.05, 0) is 79.1 Å². The van der Waals surface area contributed by atoms with Gasteiger partial charge in [-0.1, -0.05) is 68.3 Å². The zero-order chi connectivity index (χ0) is 29.2. The number of sulfonamides is 1. The molecule has 1 aliphatic rings. The van der Waals surface area contributed by atoms with E-state index in [2.05, 4.69) is 22.1 Å². The number of carbonyl (C=O) groups is 1. The normalized spacial score (nSPS) is 14.9. The number of hydrogen-bond donors (Lipinski definition) is 2. The minimum Gasteiger partial charge on any atom is -0.318 e. The number of carbonyl (C=O) groups excluding carboxylic acids is 1. The van der Waals surface area contributed by atoms with Gasteiger partial charge in [0.1, 0.15) is 11.5 Å². The Labute approximate surface area is 240 Å². The predicted molar refractivity (Wildman–Crippen MR) is 159 cm³/mol. The van der Waals surface area contributed by atoms with Crippen LogP contribution in [-0.2, 0) is 22.0 Å². The van der Waals surface area contributed by atoms with E-state index in [9.17, 15) is 13.2 Å². The van der Waals surface area contributed by atoms with Gasteiger partial charge in [0.05, 0.1) is 28.9 Å². The summed E-state index contributed by atoms with van der Waals surface area (Å²) in [6, 6.07) is 23.1. The van der Waals surface area contributed by atoms with Crippen LogP contribution in [0.4, 0.5) is 10.1 Å². The van der Waals surface area contributed by atoms with Crippen LogP contribution in [0.15, 0.2) is 78.9 Å². The number of nitrogens with zero attached hydrogens (tertiary/aromatic N) is 2. The van der Waals surface area contributed by atoms with Crippen molar-refractivity contribution in [2.45, 2.75) is 51.5 Å². The van der Waals surface area contributed by atoms with E-state index in [1.807, 2.05) is 54.6 Å². The topological polar surface area (TPSA) is 93.1 Å². The number of halogens is 1. The van der Waals surface area contributed by atoms with Crippen molar-refractivity contribution in [3.05, 3.63) is 113 Å². The molecule has 1 unspecified atom stereocenters. The molecule has 41 heavy (non-hydrogen) atoms. The van der Waals surface area contributed by atoms with Crippen molar-refractivity contribution < 1.29 is 17.6 Å². The molecule has 5 rings (SSSR count). The summed E-state index contributed by atoms with van der Waals surface area (Å²) in [6.07, 6.45) is 5.49. The van der Waals surface area contributed by atoms with Gasteiger partial charge in [0.2, 0.25) is 10.0 Å². The van der Waals surface area contributed by atoms with E-state index in [4.69, 9.17) is 0 Å². The summed E-state index contributed by atoms with van der Waals surface area (Å²) in [5.41, 5.74) is 2.86. The first-order chi connectivity index (χ1) is 19.6. The SMILES string of the molecule is CCc1cccc(-n2nc(C)cc2C(=O)Nc2cc(C(CCC3CC3)(NS(C)(=O)=O)c3ccccc3)ccc2F)c1. The number of benzene rings is 3. The van der Waals surface area contributed by atoms with Crippen molar-refractivity contribution in [1.29, 1.82) is 0 Å². The van der Waals surface area contributed by atoms with Gasteiger partial charge >= 0.3 is 0 Å². The monoisotopic (exact) mass is 574 g/mol. The number of amides is 1. The third-order valence-corrected chi connectivity index (χ3v) is 8.30. The van der Waals surface area contributed by atoms with E-state index in [0.29, 0.717) is 23.6 Å². The molecular weight excluding hydrogens is 539 g/mol. The van der Waals surface area contributed by atoms with E-state index >= 15 is 4.39 Å². The second kappa shape index (κ2) is 11.6. The molecule has 0 spiro atoms. The maximum Gasteiger partial charge on any atom is 0.274 e. The van der Waals surface area contributed by atoms with Crippen molar-refractivity contribution in [2.75, 3.05) is 11.6 Å². The Morgan fingerprint density at radius 1 is 1.02 bits per heavy atom. The van der Waals surface area contributed by atoms with Crippen LogP contribution in [0, 0.1) is 18.7 Å². The van der Waals surface area contributed by atoms with E-state index in [0.717, 1.165) is 48.8 Å². The lowest BCUT2D eigenvalue weighted by molar-refractivity contribution is 0.101. The first-order valence-electron chi connectivity index (χ1n) is 13.9. The molecule has 3 aromatic carbocycles. The standard InChI is InChI=1S/C32H35FN4O3S/c1-4-23-9-8-12-27(20-23)37-30(19-22(2)35-37)31(38)34-29-21-26(15-16-28(29)33)32(36-41(3,39)40,18-17-24-13-14-24)25-10-6-5-7-11-25/h5-12,15-16,19-21,24,36H,4,13-14,17-18H2,1-3H3,(H,34,38).